The molecule has 1 aromatic heterocycles. The van der Waals surface area contributed by atoms with Gasteiger partial charge in [0.25, 0.3) is 0 Å². The molecule has 0 radical (unpaired) electrons. The molecule has 31 heavy (non-hydrogen) atoms. The van der Waals surface area contributed by atoms with Crippen molar-refractivity contribution in [3.8, 4) is 11.3 Å². The van der Waals surface area contributed by atoms with Crippen LogP contribution in [0, 0.1) is 5.41 Å². The lowest BCUT2D eigenvalue weighted by molar-refractivity contribution is -0.152. The summed E-state index contributed by atoms with van der Waals surface area (Å²) in [6.45, 7) is 7.80. The molecule has 6 heteroatoms. The summed E-state index contributed by atoms with van der Waals surface area (Å²) in [4.78, 5) is 31.6. The van der Waals surface area contributed by atoms with Crippen molar-refractivity contribution in [2.45, 2.75) is 33.4 Å². The molecule has 160 valence electrons. The molecule has 1 atom stereocenters. The van der Waals surface area contributed by atoms with Crippen molar-refractivity contribution in [2.24, 2.45) is 5.41 Å². The molecule has 1 fully saturated rings. The number of rotatable bonds is 5. The fourth-order valence-electron chi connectivity index (χ4n) is 4.14. The molecular formula is C25H28N4O2. The van der Waals surface area contributed by atoms with E-state index < -0.39 is 11.8 Å². The van der Waals surface area contributed by atoms with Gasteiger partial charge in [-0.2, -0.15) is 0 Å². The van der Waals surface area contributed by atoms with Crippen molar-refractivity contribution in [2.75, 3.05) is 13.1 Å². The Morgan fingerprint density at radius 2 is 1.65 bits per heavy atom. The number of piperazine rings is 1. The maximum absolute atomic E-state index is 12.8. The largest absolute Gasteiger partial charge is 0.346 e. The van der Waals surface area contributed by atoms with Crippen molar-refractivity contribution in [1.82, 2.24) is 19.8 Å². The zero-order valence-corrected chi connectivity index (χ0v) is 18.2. The Morgan fingerprint density at radius 3 is 2.29 bits per heavy atom. The van der Waals surface area contributed by atoms with Gasteiger partial charge in [-0.3, -0.25) is 9.59 Å². The van der Waals surface area contributed by atoms with Gasteiger partial charge in [0.1, 0.15) is 5.82 Å². The zero-order valence-electron chi connectivity index (χ0n) is 18.2. The number of aromatic nitrogens is 2. The van der Waals surface area contributed by atoms with Crippen LogP contribution in [0.2, 0.25) is 0 Å². The third kappa shape index (κ3) is 4.38. The van der Waals surface area contributed by atoms with Gasteiger partial charge >= 0.3 is 11.8 Å². The summed E-state index contributed by atoms with van der Waals surface area (Å²) >= 11 is 0. The highest BCUT2D eigenvalue weighted by molar-refractivity contribution is 6.35. The van der Waals surface area contributed by atoms with Crippen LogP contribution >= 0.6 is 0 Å². The second kappa shape index (κ2) is 8.38. The van der Waals surface area contributed by atoms with E-state index in [1.54, 1.807) is 4.90 Å². The minimum absolute atomic E-state index is 0.318. The van der Waals surface area contributed by atoms with Crippen LogP contribution in [0.3, 0.4) is 0 Å². The normalized spacial score (nSPS) is 15.6. The number of carbonyl (C=O) groups excluding carboxylic acids is 2. The Kier molecular flexibility index (Phi) is 5.63. The highest BCUT2D eigenvalue weighted by Gasteiger charge is 2.41. The van der Waals surface area contributed by atoms with Crippen LogP contribution in [0.4, 0.5) is 0 Å². The molecule has 2 amide bonds. The van der Waals surface area contributed by atoms with Crippen molar-refractivity contribution in [3.63, 3.8) is 0 Å². The highest BCUT2D eigenvalue weighted by atomic mass is 16.2. The average Bonchev–Trinajstić information content (AvgIpc) is 3.15. The third-order valence-corrected chi connectivity index (χ3v) is 5.54. The number of hydrogen-bond acceptors (Lipinski definition) is 3. The van der Waals surface area contributed by atoms with Crippen LogP contribution in [-0.4, -0.2) is 39.4 Å². The van der Waals surface area contributed by atoms with E-state index >= 15 is 0 Å². The quantitative estimate of drug-likeness (QED) is 0.646. The summed E-state index contributed by atoms with van der Waals surface area (Å²) in [5.74, 6) is -0.259. The third-order valence-electron chi connectivity index (χ3n) is 5.54. The van der Waals surface area contributed by atoms with E-state index in [0.29, 0.717) is 19.6 Å². The van der Waals surface area contributed by atoms with Crippen LogP contribution in [0.15, 0.2) is 66.9 Å². The second-order valence-electron chi connectivity index (χ2n) is 8.99. The van der Waals surface area contributed by atoms with E-state index in [0.717, 1.165) is 22.6 Å². The Balaban J connectivity index is 1.83. The number of imidazole rings is 1. The topological polar surface area (TPSA) is 67.2 Å². The van der Waals surface area contributed by atoms with E-state index in [1.165, 1.54) is 0 Å². The molecule has 0 bridgehead atoms. The standard InChI is InChI=1S/C25H28N4O2/c1-25(2,3)21(29-15-14-26-23(30)24(29)31)22-27-20(19-12-8-5-9-13-19)17-28(22)16-18-10-6-4-7-11-18/h4-13,17,21H,14-16H2,1-3H3,(H,26,30)/t21-/m0/s1. The molecule has 1 aliphatic heterocycles. The van der Waals surface area contributed by atoms with Crippen molar-refractivity contribution < 1.29 is 9.59 Å². The van der Waals surface area contributed by atoms with Crippen LogP contribution < -0.4 is 5.32 Å². The van der Waals surface area contributed by atoms with Crippen LogP contribution in [-0.2, 0) is 16.1 Å². The Morgan fingerprint density at radius 1 is 1.00 bits per heavy atom. The second-order valence-corrected chi connectivity index (χ2v) is 8.99. The fourth-order valence-corrected chi connectivity index (χ4v) is 4.14. The molecule has 1 N–H and O–H groups in total. The molecule has 0 spiro atoms. The van der Waals surface area contributed by atoms with E-state index in [2.05, 4.69) is 42.8 Å². The fraction of sp³-hybridized carbons (Fsp3) is 0.320. The molecule has 2 heterocycles. The van der Waals surface area contributed by atoms with E-state index in [-0.39, 0.29) is 11.5 Å². The van der Waals surface area contributed by atoms with Gasteiger partial charge in [-0.25, -0.2) is 4.98 Å². The summed E-state index contributed by atoms with van der Waals surface area (Å²) < 4.78 is 2.12. The number of benzene rings is 2. The van der Waals surface area contributed by atoms with Gasteiger partial charge in [-0.1, -0.05) is 81.4 Å². The minimum Gasteiger partial charge on any atom is -0.346 e. The first-order valence-corrected chi connectivity index (χ1v) is 10.6. The van der Waals surface area contributed by atoms with Crippen LogP contribution in [0.5, 0.6) is 0 Å². The average molecular weight is 417 g/mol. The van der Waals surface area contributed by atoms with Gasteiger partial charge in [0.15, 0.2) is 0 Å². The van der Waals surface area contributed by atoms with E-state index in [1.807, 2.05) is 54.7 Å². The number of carbonyl (C=O) groups is 2. The maximum atomic E-state index is 12.8. The van der Waals surface area contributed by atoms with E-state index in [9.17, 15) is 9.59 Å². The van der Waals surface area contributed by atoms with Gasteiger partial charge in [-0.05, 0) is 11.0 Å². The number of hydrogen-bond donors (Lipinski definition) is 1. The Labute approximate surface area is 182 Å². The first-order valence-electron chi connectivity index (χ1n) is 10.6. The summed E-state index contributed by atoms with van der Waals surface area (Å²) in [7, 11) is 0. The van der Waals surface area contributed by atoms with Gasteiger partial charge in [0.2, 0.25) is 0 Å². The Bertz CT molecular complexity index is 1070. The van der Waals surface area contributed by atoms with E-state index in [4.69, 9.17) is 4.98 Å². The molecule has 2 aromatic carbocycles. The maximum Gasteiger partial charge on any atom is 0.312 e. The van der Waals surface area contributed by atoms with Crippen molar-refractivity contribution in [1.29, 1.82) is 0 Å². The molecule has 0 unspecified atom stereocenters. The predicted molar refractivity (Wildman–Crippen MR) is 120 cm³/mol. The number of amides is 2. The smallest absolute Gasteiger partial charge is 0.312 e. The van der Waals surface area contributed by atoms with Crippen molar-refractivity contribution in [3.05, 3.63) is 78.2 Å². The first-order chi connectivity index (χ1) is 14.8. The number of nitrogens with zero attached hydrogens (tertiary/aromatic N) is 3. The summed E-state index contributed by atoms with van der Waals surface area (Å²) in [6, 6.07) is 19.9. The number of nitrogens with one attached hydrogen (secondary N) is 1. The predicted octanol–water partition coefficient (Wildman–Crippen LogP) is 3.64. The first kappa shape index (κ1) is 20.8. The lowest BCUT2D eigenvalue weighted by Gasteiger charge is -2.41. The molecule has 4 rings (SSSR count). The molecule has 0 aliphatic carbocycles. The molecule has 0 saturated carbocycles. The van der Waals surface area contributed by atoms with Gasteiger partial charge in [0, 0.05) is 31.4 Å². The SMILES string of the molecule is CC(C)(C)[C@H](c1nc(-c2ccccc2)cn1Cc1ccccc1)N1CCNC(=O)C1=O. The molecule has 3 aromatic rings. The summed E-state index contributed by atoms with van der Waals surface area (Å²) in [6.07, 6.45) is 2.05. The Hall–Kier alpha value is -3.41. The molecule has 1 aliphatic rings. The summed E-state index contributed by atoms with van der Waals surface area (Å²) in [5, 5.41) is 2.65. The van der Waals surface area contributed by atoms with Gasteiger partial charge in [-0.15, -0.1) is 0 Å². The van der Waals surface area contributed by atoms with Gasteiger partial charge in [0.05, 0.1) is 11.7 Å². The highest BCUT2D eigenvalue weighted by Crippen LogP contribution is 2.39. The van der Waals surface area contributed by atoms with Crippen LogP contribution in [0.1, 0.15) is 38.2 Å². The summed E-state index contributed by atoms with van der Waals surface area (Å²) in [5.41, 5.74) is 2.71. The molecular weight excluding hydrogens is 388 g/mol. The van der Waals surface area contributed by atoms with Crippen LogP contribution in [0.25, 0.3) is 11.3 Å². The zero-order chi connectivity index (χ0) is 22.0. The molecule has 6 nitrogen and oxygen atoms in total. The lowest BCUT2D eigenvalue weighted by atomic mass is 9.84. The van der Waals surface area contributed by atoms with Gasteiger partial charge < -0.3 is 14.8 Å². The molecule has 1 saturated heterocycles. The minimum atomic E-state index is -0.551. The van der Waals surface area contributed by atoms with Crippen molar-refractivity contribution >= 4 is 11.8 Å². The lowest BCUT2D eigenvalue weighted by Crippen LogP contribution is -2.55. The monoisotopic (exact) mass is 416 g/mol.